The largest absolute Gasteiger partial charge is 0.496 e. The fraction of sp³-hybridized carbons (Fsp3) is 0.657. The monoisotopic (exact) mass is 503 g/mol. The molecule has 2 saturated carbocycles. The molecular formula is C35H51O2. The van der Waals surface area contributed by atoms with Gasteiger partial charge in [-0.1, -0.05) is 92.2 Å². The highest BCUT2D eigenvalue weighted by Crippen LogP contribution is 2.53. The highest BCUT2D eigenvalue weighted by molar-refractivity contribution is 5.81. The lowest BCUT2D eigenvalue weighted by Gasteiger charge is -2.34. The van der Waals surface area contributed by atoms with Crippen LogP contribution in [0.4, 0.5) is 0 Å². The first-order valence-electron chi connectivity index (χ1n) is 15.2. The quantitative estimate of drug-likeness (QED) is 0.356. The summed E-state index contributed by atoms with van der Waals surface area (Å²) in [6, 6.07) is 8.77. The van der Waals surface area contributed by atoms with E-state index in [0.29, 0.717) is 29.6 Å². The summed E-state index contributed by atoms with van der Waals surface area (Å²) in [5, 5.41) is 0. The van der Waals surface area contributed by atoms with Crippen molar-refractivity contribution in [3.63, 3.8) is 0 Å². The highest BCUT2D eigenvalue weighted by atomic mass is 16.5. The second-order valence-electron chi connectivity index (χ2n) is 12.6. The Kier molecular flexibility index (Phi) is 9.30. The molecule has 2 heteroatoms. The van der Waals surface area contributed by atoms with Gasteiger partial charge in [-0.2, -0.15) is 0 Å². The average molecular weight is 504 g/mol. The van der Waals surface area contributed by atoms with Crippen LogP contribution >= 0.6 is 0 Å². The van der Waals surface area contributed by atoms with Gasteiger partial charge in [0.25, 0.3) is 0 Å². The van der Waals surface area contributed by atoms with E-state index in [1.54, 1.807) is 0 Å². The normalized spacial score (nSPS) is 17.7. The van der Waals surface area contributed by atoms with Gasteiger partial charge in [-0.05, 0) is 77.5 Å². The molecule has 0 unspecified atom stereocenters. The molecule has 0 bridgehead atoms. The Labute approximate surface area is 227 Å². The van der Waals surface area contributed by atoms with E-state index in [2.05, 4.69) is 59.7 Å². The molecule has 0 N–H and O–H groups in total. The summed E-state index contributed by atoms with van der Waals surface area (Å²) in [6.45, 7) is 13.9. The molecule has 2 nitrogen and oxygen atoms in total. The molecule has 2 aliphatic carbocycles. The third kappa shape index (κ3) is 5.74. The van der Waals surface area contributed by atoms with E-state index in [9.17, 15) is 0 Å². The van der Waals surface area contributed by atoms with Gasteiger partial charge in [-0.3, -0.25) is 0 Å². The van der Waals surface area contributed by atoms with Crippen molar-refractivity contribution in [1.82, 2.24) is 0 Å². The fourth-order valence-corrected chi connectivity index (χ4v) is 7.00. The lowest BCUT2D eigenvalue weighted by molar-refractivity contribution is 0.360. The van der Waals surface area contributed by atoms with E-state index in [4.69, 9.17) is 9.47 Å². The second kappa shape index (κ2) is 12.3. The molecule has 1 radical (unpaired) electrons. The van der Waals surface area contributed by atoms with E-state index in [0.717, 1.165) is 17.1 Å². The Morgan fingerprint density at radius 2 is 1.14 bits per heavy atom. The van der Waals surface area contributed by atoms with E-state index in [1.165, 1.54) is 97.6 Å². The van der Waals surface area contributed by atoms with E-state index in [1.807, 2.05) is 14.2 Å². The van der Waals surface area contributed by atoms with Crippen molar-refractivity contribution in [2.45, 2.75) is 135 Å². The van der Waals surface area contributed by atoms with Gasteiger partial charge in [0.05, 0.1) is 14.2 Å². The molecule has 2 aromatic carbocycles. The number of benzene rings is 2. The zero-order chi connectivity index (χ0) is 26.7. The number of hydrogen-bond acceptors (Lipinski definition) is 2. The Bertz CT molecular complexity index is 1020. The number of hydrogen-bond donors (Lipinski definition) is 0. The number of methoxy groups -OCH3 is 2. The first-order chi connectivity index (χ1) is 17.8. The molecule has 0 heterocycles. The van der Waals surface area contributed by atoms with Crippen molar-refractivity contribution in [3.05, 3.63) is 46.0 Å². The molecule has 0 saturated heterocycles. The summed E-state index contributed by atoms with van der Waals surface area (Å²) in [6.07, 6.45) is 13.0. The summed E-state index contributed by atoms with van der Waals surface area (Å²) in [5.41, 5.74) is 9.58. The summed E-state index contributed by atoms with van der Waals surface area (Å²) in [5.74, 6) is 4.46. The minimum absolute atomic E-state index is 0.409. The molecule has 2 fully saturated rings. The minimum Gasteiger partial charge on any atom is -0.496 e. The Balaban J connectivity index is 2.07. The molecule has 37 heavy (non-hydrogen) atoms. The van der Waals surface area contributed by atoms with Gasteiger partial charge < -0.3 is 9.47 Å². The molecule has 4 rings (SSSR count). The first-order valence-corrected chi connectivity index (χ1v) is 15.2. The summed E-state index contributed by atoms with van der Waals surface area (Å²) in [7, 11) is 3.75. The molecule has 0 aliphatic heterocycles. The van der Waals surface area contributed by atoms with Gasteiger partial charge in [0, 0.05) is 22.8 Å². The predicted octanol–water partition coefficient (Wildman–Crippen LogP) is 10.6. The van der Waals surface area contributed by atoms with Crippen molar-refractivity contribution >= 4 is 0 Å². The van der Waals surface area contributed by atoms with Crippen LogP contribution in [0.1, 0.15) is 163 Å². The van der Waals surface area contributed by atoms with E-state index in [-0.39, 0.29) is 0 Å². The highest BCUT2D eigenvalue weighted by Gasteiger charge is 2.33. The summed E-state index contributed by atoms with van der Waals surface area (Å²) in [4.78, 5) is 0. The third-order valence-electron chi connectivity index (χ3n) is 9.06. The van der Waals surface area contributed by atoms with Crippen LogP contribution in [0.2, 0.25) is 0 Å². The van der Waals surface area contributed by atoms with Crippen molar-refractivity contribution in [2.75, 3.05) is 14.2 Å². The third-order valence-corrected chi connectivity index (χ3v) is 9.06. The van der Waals surface area contributed by atoms with Crippen LogP contribution in [-0.4, -0.2) is 14.2 Å². The van der Waals surface area contributed by atoms with Crippen LogP contribution in [0.3, 0.4) is 0 Å². The maximum atomic E-state index is 6.48. The Morgan fingerprint density at radius 1 is 0.649 bits per heavy atom. The summed E-state index contributed by atoms with van der Waals surface area (Å²) >= 11 is 0. The second-order valence-corrected chi connectivity index (χ2v) is 12.6. The van der Waals surface area contributed by atoms with E-state index >= 15 is 0 Å². The van der Waals surface area contributed by atoms with Gasteiger partial charge in [0.15, 0.2) is 0 Å². The average Bonchev–Trinajstić information content (AvgIpc) is 2.91. The summed E-state index contributed by atoms with van der Waals surface area (Å²) < 4.78 is 12.7. The lowest BCUT2D eigenvalue weighted by Crippen LogP contribution is -2.16. The molecule has 2 aliphatic rings. The predicted molar refractivity (Wildman–Crippen MR) is 158 cm³/mol. The van der Waals surface area contributed by atoms with Crippen molar-refractivity contribution in [1.29, 1.82) is 0 Å². The van der Waals surface area contributed by atoms with Gasteiger partial charge in [0.1, 0.15) is 11.5 Å². The number of rotatable bonds is 8. The van der Waals surface area contributed by atoms with Crippen molar-refractivity contribution in [2.24, 2.45) is 0 Å². The van der Waals surface area contributed by atoms with Gasteiger partial charge in [0.2, 0.25) is 0 Å². The standard InChI is InChI=1S/C35H51O2/c1-22(2)27-19-28(23(3)4)34(29(20-27)24(5)6)30-21-31(36-7)32(25-15-11-9-12-16-25)33(35(30)37-8)26-17-13-10-14-18-26/h19-20,22-26H,9-18H2,1-8H3. The van der Waals surface area contributed by atoms with Crippen LogP contribution in [-0.2, 0) is 0 Å². The van der Waals surface area contributed by atoms with Crippen molar-refractivity contribution < 1.29 is 9.47 Å². The smallest absolute Gasteiger partial charge is 0.131 e. The molecule has 2 aromatic rings. The van der Waals surface area contributed by atoms with Gasteiger partial charge in [-0.25, -0.2) is 0 Å². The van der Waals surface area contributed by atoms with Crippen molar-refractivity contribution in [3.8, 4) is 22.6 Å². The zero-order valence-corrected chi connectivity index (χ0v) is 24.9. The minimum atomic E-state index is 0.409. The van der Waals surface area contributed by atoms with E-state index < -0.39 is 0 Å². The molecule has 0 spiro atoms. The topological polar surface area (TPSA) is 18.5 Å². The van der Waals surface area contributed by atoms with Crippen LogP contribution in [0.25, 0.3) is 11.1 Å². The molecular weight excluding hydrogens is 452 g/mol. The van der Waals surface area contributed by atoms with Gasteiger partial charge >= 0.3 is 0 Å². The van der Waals surface area contributed by atoms with Crippen LogP contribution in [0.5, 0.6) is 11.5 Å². The van der Waals surface area contributed by atoms with Crippen LogP contribution in [0.15, 0.2) is 12.1 Å². The van der Waals surface area contributed by atoms with Gasteiger partial charge in [-0.15, -0.1) is 0 Å². The molecule has 0 amide bonds. The van der Waals surface area contributed by atoms with Crippen LogP contribution < -0.4 is 9.47 Å². The van der Waals surface area contributed by atoms with Crippen LogP contribution in [0, 0.1) is 6.07 Å². The Hall–Kier alpha value is -1.96. The Morgan fingerprint density at radius 3 is 1.54 bits per heavy atom. The first kappa shape index (κ1) is 28.1. The molecule has 203 valence electrons. The molecule has 0 aromatic heterocycles. The molecule has 0 atom stereocenters. The maximum absolute atomic E-state index is 6.48. The number of ether oxygens (including phenoxy) is 2. The maximum Gasteiger partial charge on any atom is 0.131 e. The fourth-order valence-electron chi connectivity index (χ4n) is 7.00. The lowest BCUT2D eigenvalue weighted by atomic mass is 9.73. The zero-order valence-electron chi connectivity index (χ0n) is 24.9. The SMILES string of the molecule is COc1[c]c(-c2c(C(C)C)cc(C(C)C)cc2C(C)C)c(OC)c(C2CCCCC2)c1C1CCCCC1.